The topological polar surface area (TPSA) is 20.2 Å². The Morgan fingerprint density at radius 3 is 2.20 bits per heavy atom. The van der Waals surface area contributed by atoms with E-state index < -0.39 is 5.60 Å². The quantitative estimate of drug-likeness (QED) is 0.754. The van der Waals surface area contributed by atoms with Crippen LogP contribution < -0.4 is 0 Å². The first kappa shape index (κ1) is 12.0. The zero-order valence-electron chi connectivity index (χ0n) is 8.62. The molecule has 0 amide bonds. The van der Waals surface area contributed by atoms with Crippen LogP contribution in [0.25, 0.3) is 0 Å². The van der Waals surface area contributed by atoms with Crippen molar-refractivity contribution < 1.29 is 5.11 Å². The van der Waals surface area contributed by atoms with Gasteiger partial charge in [-0.1, -0.05) is 42.0 Å². The van der Waals surface area contributed by atoms with E-state index >= 15 is 0 Å². The first-order valence-electron chi connectivity index (χ1n) is 4.83. The smallest absolute Gasteiger partial charge is 0.0979 e. The predicted molar refractivity (Wildman–Crippen MR) is 65.0 cm³/mol. The van der Waals surface area contributed by atoms with E-state index in [1.807, 2.05) is 18.2 Å². The molecule has 0 aromatic heterocycles. The number of hydrogen-bond donors (Lipinski definition) is 1. The molecule has 1 rings (SSSR count). The summed E-state index contributed by atoms with van der Waals surface area (Å²) >= 11 is 6.05. The van der Waals surface area contributed by atoms with Gasteiger partial charge in [-0.25, -0.2) is 0 Å². The van der Waals surface area contributed by atoms with Gasteiger partial charge >= 0.3 is 0 Å². The van der Waals surface area contributed by atoms with Crippen molar-refractivity contribution in [3.05, 3.63) is 60.2 Å². The van der Waals surface area contributed by atoms with E-state index in [0.29, 0.717) is 17.9 Å². The Morgan fingerprint density at radius 1 is 1.20 bits per heavy atom. The third kappa shape index (κ3) is 2.71. The molecular formula is C13H15ClO. The molecule has 0 bridgehead atoms. The number of rotatable bonds is 5. The van der Waals surface area contributed by atoms with Crippen LogP contribution in [-0.2, 0) is 5.60 Å². The van der Waals surface area contributed by atoms with Crippen LogP contribution in [0.15, 0.2) is 49.6 Å². The number of benzene rings is 1. The summed E-state index contributed by atoms with van der Waals surface area (Å²) in [7, 11) is 0. The van der Waals surface area contributed by atoms with Gasteiger partial charge in [-0.15, -0.1) is 13.2 Å². The predicted octanol–water partition coefficient (Wildman–Crippen LogP) is 3.68. The Balaban J connectivity index is 3.13. The average Bonchev–Trinajstić information content (AvgIpc) is 2.19. The van der Waals surface area contributed by atoms with Gasteiger partial charge in [0.05, 0.1) is 5.60 Å². The largest absolute Gasteiger partial charge is 0.384 e. The van der Waals surface area contributed by atoms with Gasteiger partial charge in [0, 0.05) is 10.6 Å². The van der Waals surface area contributed by atoms with Crippen molar-refractivity contribution in [1.29, 1.82) is 0 Å². The molecule has 80 valence electrons. The first-order valence-corrected chi connectivity index (χ1v) is 5.21. The zero-order valence-corrected chi connectivity index (χ0v) is 9.37. The molecule has 1 nitrogen and oxygen atoms in total. The van der Waals surface area contributed by atoms with Crippen LogP contribution in [0.4, 0.5) is 0 Å². The van der Waals surface area contributed by atoms with Crippen molar-refractivity contribution in [3.63, 3.8) is 0 Å². The molecule has 1 N–H and O–H groups in total. The van der Waals surface area contributed by atoms with Crippen LogP contribution in [-0.4, -0.2) is 5.11 Å². The second kappa shape index (κ2) is 5.15. The molecule has 0 aliphatic heterocycles. The van der Waals surface area contributed by atoms with E-state index in [9.17, 15) is 5.11 Å². The lowest BCUT2D eigenvalue weighted by atomic mass is 9.87. The number of halogens is 1. The van der Waals surface area contributed by atoms with Gasteiger partial charge in [-0.3, -0.25) is 0 Å². The van der Waals surface area contributed by atoms with Gasteiger partial charge in [-0.05, 0) is 18.9 Å². The fourth-order valence-electron chi connectivity index (χ4n) is 1.62. The summed E-state index contributed by atoms with van der Waals surface area (Å²) in [5.74, 6) is 0. The zero-order chi connectivity index (χ0) is 11.3. The standard InChI is InChI=1S/C13H15ClO/c1-3-9-13(15,10-4-2)11-7-5-6-8-12(11)14/h3-8,15H,1-2,9-10H2. The van der Waals surface area contributed by atoms with E-state index in [-0.39, 0.29) is 0 Å². The minimum atomic E-state index is -0.984. The molecule has 2 heteroatoms. The van der Waals surface area contributed by atoms with Crippen LogP contribution in [0, 0.1) is 0 Å². The average molecular weight is 223 g/mol. The van der Waals surface area contributed by atoms with Gasteiger partial charge in [0.25, 0.3) is 0 Å². The van der Waals surface area contributed by atoms with Gasteiger partial charge in [-0.2, -0.15) is 0 Å². The highest BCUT2D eigenvalue weighted by molar-refractivity contribution is 6.31. The number of aliphatic hydroxyl groups is 1. The van der Waals surface area contributed by atoms with Crippen molar-refractivity contribution in [1.82, 2.24) is 0 Å². The lowest BCUT2D eigenvalue weighted by Crippen LogP contribution is -2.24. The van der Waals surface area contributed by atoms with Crippen LogP contribution in [0.2, 0.25) is 5.02 Å². The van der Waals surface area contributed by atoms with E-state index in [4.69, 9.17) is 11.6 Å². The monoisotopic (exact) mass is 222 g/mol. The van der Waals surface area contributed by atoms with Gasteiger partial charge in [0.1, 0.15) is 0 Å². The highest BCUT2D eigenvalue weighted by Crippen LogP contribution is 2.34. The molecule has 0 saturated carbocycles. The maximum atomic E-state index is 10.4. The lowest BCUT2D eigenvalue weighted by Gasteiger charge is -2.27. The summed E-state index contributed by atoms with van der Waals surface area (Å²) in [5, 5.41) is 11.0. The van der Waals surface area contributed by atoms with E-state index in [1.165, 1.54) is 0 Å². The molecule has 0 fully saturated rings. The van der Waals surface area contributed by atoms with Crippen LogP contribution in [0.5, 0.6) is 0 Å². The van der Waals surface area contributed by atoms with Crippen molar-refractivity contribution in [2.24, 2.45) is 0 Å². The Bertz CT molecular complexity index is 347. The second-order valence-electron chi connectivity index (χ2n) is 3.50. The molecule has 0 unspecified atom stereocenters. The molecule has 0 radical (unpaired) electrons. The van der Waals surface area contributed by atoms with E-state index in [1.54, 1.807) is 18.2 Å². The molecule has 0 spiro atoms. The molecule has 0 atom stereocenters. The Kier molecular flexibility index (Phi) is 4.13. The van der Waals surface area contributed by atoms with Gasteiger partial charge in [0.15, 0.2) is 0 Å². The molecule has 0 saturated heterocycles. The minimum Gasteiger partial charge on any atom is -0.384 e. The van der Waals surface area contributed by atoms with Crippen LogP contribution in [0.1, 0.15) is 18.4 Å². The third-order valence-electron chi connectivity index (χ3n) is 2.34. The van der Waals surface area contributed by atoms with Gasteiger partial charge in [0.2, 0.25) is 0 Å². The molecule has 0 aliphatic carbocycles. The van der Waals surface area contributed by atoms with Crippen molar-refractivity contribution in [3.8, 4) is 0 Å². The number of hydrogen-bond acceptors (Lipinski definition) is 1. The minimum absolute atomic E-state index is 0.461. The third-order valence-corrected chi connectivity index (χ3v) is 2.67. The first-order chi connectivity index (χ1) is 7.14. The van der Waals surface area contributed by atoms with Crippen LogP contribution in [0.3, 0.4) is 0 Å². The van der Waals surface area contributed by atoms with Crippen molar-refractivity contribution in [2.45, 2.75) is 18.4 Å². The van der Waals surface area contributed by atoms with Crippen molar-refractivity contribution in [2.75, 3.05) is 0 Å². The maximum Gasteiger partial charge on any atom is 0.0979 e. The summed E-state index contributed by atoms with van der Waals surface area (Å²) in [4.78, 5) is 0. The molecule has 15 heavy (non-hydrogen) atoms. The van der Waals surface area contributed by atoms with E-state index in [0.717, 1.165) is 5.56 Å². The highest BCUT2D eigenvalue weighted by Gasteiger charge is 2.28. The molecule has 1 aromatic carbocycles. The Labute approximate surface area is 95.7 Å². The fraction of sp³-hybridized carbons (Fsp3) is 0.231. The molecule has 0 aliphatic rings. The SMILES string of the molecule is C=CCC(O)(CC=C)c1ccccc1Cl. The highest BCUT2D eigenvalue weighted by atomic mass is 35.5. The van der Waals surface area contributed by atoms with Crippen LogP contribution >= 0.6 is 11.6 Å². The molecule has 1 aromatic rings. The van der Waals surface area contributed by atoms with E-state index in [2.05, 4.69) is 13.2 Å². The molecular weight excluding hydrogens is 208 g/mol. The Hall–Kier alpha value is -1.05. The second-order valence-corrected chi connectivity index (χ2v) is 3.90. The summed E-state index contributed by atoms with van der Waals surface area (Å²) in [6, 6.07) is 7.30. The molecule has 0 heterocycles. The maximum absolute atomic E-state index is 10.4. The lowest BCUT2D eigenvalue weighted by molar-refractivity contribution is 0.0431. The summed E-state index contributed by atoms with van der Waals surface area (Å²) in [5.41, 5.74) is -0.256. The fourth-order valence-corrected chi connectivity index (χ4v) is 1.93. The van der Waals surface area contributed by atoms with Gasteiger partial charge < -0.3 is 5.11 Å². The van der Waals surface area contributed by atoms with Crippen molar-refractivity contribution >= 4 is 11.6 Å². The summed E-state index contributed by atoms with van der Waals surface area (Å²) in [6.07, 6.45) is 4.30. The summed E-state index contributed by atoms with van der Waals surface area (Å²) in [6.45, 7) is 7.29. The normalized spacial score (nSPS) is 11.1. The Morgan fingerprint density at radius 2 is 1.73 bits per heavy atom. The summed E-state index contributed by atoms with van der Waals surface area (Å²) < 4.78 is 0.